The van der Waals surface area contributed by atoms with Gasteiger partial charge >= 0.3 is 0 Å². The fourth-order valence-electron chi connectivity index (χ4n) is 4.30. The molecule has 0 spiro atoms. The Morgan fingerprint density at radius 1 is 1.11 bits per heavy atom. The monoisotopic (exact) mass is 519 g/mol. The summed E-state index contributed by atoms with van der Waals surface area (Å²) in [5, 5.41) is 15.6. The van der Waals surface area contributed by atoms with Crippen LogP contribution in [0.2, 0.25) is 0 Å². The minimum atomic E-state index is -1.15. The maximum atomic E-state index is 13.2. The van der Waals surface area contributed by atoms with E-state index in [1.54, 1.807) is 30.5 Å². The minimum Gasteiger partial charge on any atom is -0.494 e. The molecule has 10 nitrogen and oxygen atoms in total. The summed E-state index contributed by atoms with van der Waals surface area (Å²) in [6.07, 6.45) is 3.58. The van der Waals surface area contributed by atoms with Crippen molar-refractivity contribution in [3.05, 3.63) is 72.6 Å². The molecule has 1 aliphatic rings. The van der Waals surface area contributed by atoms with Gasteiger partial charge in [-0.05, 0) is 44.0 Å². The number of imidazole rings is 1. The van der Waals surface area contributed by atoms with Crippen LogP contribution in [-0.2, 0) is 16.1 Å². The second kappa shape index (κ2) is 12.9. The maximum Gasteiger partial charge on any atom is 0.254 e. The molecule has 38 heavy (non-hydrogen) atoms. The Hall–Kier alpha value is -4.18. The molecule has 0 aliphatic carbocycles. The Labute approximate surface area is 221 Å². The van der Waals surface area contributed by atoms with Gasteiger partial charge in [0.2, 0.25) is 11.8 Å². The highest BCUT2D eigenvalue weighted by Gasteiger charge is 2.27. The average Bonchev–Trinajstić information content (AvgIpc) is 3.39. The summed E-state index contributed by atoms with van der Waals surface area (Å²) in [6.45, 7) is 2.73. The van der Waals surface area contributed by atoms with Crippen molar-refractivity contribution >= 4 is 17.7 Å². The predicted octanol–water partition coefficient (Wildman–Crippen LogP) is 1.85. The fraction of sp³-hybridized carbons (Fsp3) is 0.357. The van der Waals surface area contributed by atoms with Crippen molar-refractivity contribution < 1.29 is 24.2 Å². The van der Waals surface area contributed by atoms with Crippen LogP contribution in [0.1, 0.15) is 30.1 Å². The Morgan fingerprint density at radius 2 is 1.92 bits per heavy atom. The molecule has 3 amide bonds. The number of nitrogens with zero attached hydrogens (tertiary/aromatic N) is 3. The Balaban J connectivity index is 1.56. The molecule has 0 saturated carbocycles. The number of amides is 3. The van der Waals surface area contributed by atoms with E-state index in [0.717, 1.165) is 11.4 Å². The van der Waals surface area contributed by atoms with Crippen LogP contribution in [0.5, 0.6) is 5.75 Å². The first-order chi connectivity index (χ1) is 18.4. The number of carbonyl (C=O) groups is 3. The number of aromatic nitrogens is 2. The number of nitrogens with one attached hydrogen (secondary N) is 2. The molecule has 3 N–H and O–H groups in total. The Kier molecular flexibility index (Phi) is 9.10. The van der Waals surface area contributed by atoms with Crippen LogP contribution in [0.3, 0.4) is 0 Å². The summed E-state index contributed by atoms with van der Waals surface area (Å²) in [7, 11) is 0. The second-order valence-corrected chi connectivity index (χ2v) is 9.20. The maximum absolute atomic E-state index is 13.2. The van der Waals surface area contributed by atoms with Crippen molar-refractivity contribution in [3.8, 4) is 17.1 Å². The van der Waals surface area contributed by atoms with Gasteiger partial charge in [0, 0.05) is 43.2 Å². The number of hydrogen-bond acceptors (Lipinski definition) is 6. The lowest BCUT2D eigenvalue weighted by Gasteiger charge is -2.25. The highest BCUT2D eigenvalue weighted by atomic mass is 16.5. The van der Waals surface area contributed by atoms with Gasteiger partial charge in [0.15, 0.2) is 0 Å². The van der Waals surface area contributed by atoms with Crippen LogP contribution in [-0.4, -0.2) is 75.7 Å². The lowest BCUT2D eigenvalue weighted by molar-refractivity contribution is -0.131. The highest BCUT2D eigenvalue weighted by Crippen LogP contribution is 2.23. The van der Waals surface area contributed by atoms with Crippen molar-refractivity contribution in [2.24, 2.45) is 0 Å². The smallest absolute Gasteiger partial charge is 0.254 e. The zero-order valence-electron chi connectivity index (χ0n) is 21.4. The van der Waals surface area contributed by atoms with E-state index in [4.69, 9.17) is 4.74 Å². The van der Waals surface area contributed by atoms with E-state index in [9.17, 15) is 19.5 Å². The fourth-order valence-corrected chi connectivity index (χ4v) is 4.30. The molecule has 0 saturated heterocycles. The Morgan fingerprint density at radius 3 is 2.71 bits per heavy atom. The van der Waals surface area contributed by atoms with Gasteiger partial charge in [-0.15, -0.1) is 0 Å². The van der Waals surface area contributed by atoms with E-state index in [1.165, 1.54) is 11.8 Å². The average molecular weight is 520 g/mol. The third-order valence-electron chi connectivity index (χ3n) is 6.25. The number of hydrogen-bond donors (Lipinski definition) is 3. The number of rotatable bonds is 2. The first-order valence-electron chi connectivity index (χ1n) is 12.8. The van der Waals surface area contributed by atoms with E-state index in [0.29, 0.717) is 43.9 Å². The van der Waals surface area contributed by atoms with Gasteiger partial charge in [-0.25, -0.2) is 4.98 Å². The topological polar surface area (TPSA) is 126 Å². The first kappa shape index (κ1) is 26.9. The molecule has 4 rings (SSSR count). The van der Waals surface area contributed by atoms with Crippen LogP contribution in [0.15, 0.2) is 67.0 Å². The standard InChI is InChI=1S/C28H33N5O5/c1-20(34)25-27(36)30-12-6-14-32-16-13-29-26(32)22-10-5-11-23(18-22)38-17-7-15-33(19-24(35)31-25)28(37)21-8-3-2-4-9-21/h2-5,8-11,13,16,18,20,25,34H,6-7,12,14-15,17,19H2,1H3,(H,30,36)(H,31,35)/t20-,25+/m1/s1. The summed E-state index contributed by atoms with van der Waals surface area (Å²) < 4.78 is 7.96. The summed E-state index contributed by atoms with van der Waals surface area (Å²) >= 11 is 0. The van der Waals surface area contributed by atoms with Gasteiger partial charge in [0.1, 0.15) is 17.6 Å². The molecular formula is C28H33N5O5. The second-order valence-electron chi connectivity index (χ2n) is 9.20. The molecule has 2 atom stereocenters. The van der Waals surface area contributed by atoms with Gasteiger partial charge < -0.3 is 29.9 Å². The van der Waals surface area contributed by atoms with Gasteiger partial charge in [-0.1, -0.05) is 30.3 Å². The van der Waals surface area contributed by atoms with Gasteiger partial charge in [-0.2, -0.15) is 0 Å². The number of aliphatic hydroxyl groups excluding tert-OH is 1. The highest BCUT2D eigenvalue weighted by molar-refractivity contribution is 5.97. The van der Waals surface area contributed by atoms with Crippen LogP contribution >= 0.6 is 0 Å². The van der Waals surface area contributed by atoms with Crippen LogP contribution in [0, 0.1) is 0 Å². The van der Waals surface area contributed by atoms with Crippen molar-refractivity contribution in [3.63, 3.8) is 0 Å². The molecule has 2 bridgehead atoms. The zero-order chi connectivity index (χ0) is 26.9. The third-order valence-corrected chi connectivity index (χ3v) is 6.25. The number of aryl methyl sites for hydroxylation is 1. The molecule has 1 aliphatic heterocycles. The van der Waals surface area contributed by atoms with Crippen LogP contribution < -0.4 is 15.4 Å². The lowest BCUT2D eigenvalue weighted by atomic mass is 10.1. The summed E-state index contributed by atoms with van der Waals surface area (Å²) in [5.41, 5.74) is 1.35. The summed E-state index contributed by atoms with van der Waals surface area (Å²) in [4.78, 5) is 44.8. The molecule has 1 aromatic heterocycles. The summed E-state index contributed by atoms with van der Waals surface area (Å²) in [5.74, 6) is 0.136. The van der Waals surface area contributed by atoms with Crippen LogP contribution in [0.25, 0.3) is 11.4 Å². The molecule has 3 aromatic rings. The van der Waals surface area contributed by atoms with Crippen LogP contribution in [0.4, 0.5) is 0 Å². The van der Waals surface area contributed by atoms with E-state index in [-0.39, 0.29) is 19.0 Å². The lowest BCUT2D eigenvalue weighted by Crippen LogP contribution is -2.55. The van der Waals surface area contributed by atoms with Gasteiger partial charge in [0.05, 0.1) is 19.3 Å². The van der Waals surface area contributed by atoms with Gasteiger partial charge in [-0.3, -0.25) is 14.4 Å². The van der Waals surface area contributed by atoms with E-state index >= 15 is 0 Å². The summed E-state index contributed by atoms with van der Waals surface area (Å²) in [6, 6.07) is 15.2. The number of ether oxygens (including phenoxy) is 1. The number of fused-ring (bicyclic) bond motifs is 4. The van der Waals surface area contributed by atoms with E-state index in [1.807, 2.05) is 41.1 Å². The number of benzene rings is 2. The molecule has 2 aromatic carbocycles. The molecule has 10 heteroatoms. The molecule has 0 radical (unpaired) electrons. The van der Waals surface area contributed by atoms with Crippen molar-refractivity contribution in [2.75, 3.05) is 26.2 Å². The zero-order valence-corrected chi connectivity index (χ0v) is 21.4. The largest absolute Gasteiger partial charge is 0.494 e. The molecule has 0 fully saturated rings. The molecule has 200 valence electrons. The normalized spacial score (nSPS) is 18.5. The number of carbonyl (C=O) groups excluding carboxylic acids is 3. The van der Waals surface area contributed by atoms with Crippen molar-refractivity contribution in [1.29, 1.82) is 0 Å². The van der Waals surface area contributed by atoms with E-state index < -0.39 is 24.0 Å². The van der Waals surface area contributed by atoms with Crippen molar-refractivity contribution in [1.82, 2.24) is 25.1 Å². The third kappa shape index (κ3) is 6.98. The first-order valence-corrected chi connectivity index (χ1v) is 12.8. The quantitative estimate of drug-likeness (QED) is 0.475. The molecule has 0 unspecified atom stereocenters. The molecule has 2 heterocycles. The number of aliphatic hydroxyl groups is 1. The Bertz CT molecular complexity index is 1240. The van der Waals surface area contributed by atoms with E-state index in [2.05, 4.69) is 15.6 Å². The van der Waals surface area contributed by atoms with Crippen molar-refractivity contribution in [2.45, 2.75) is 38.5 Å². The SMILES string of the molecule is C[C@@H](O)[C@@H]1NC(=O)CN(C(=O)c2ccccc2)CCCOc2cccc(c2)-c2nccn2CCCNC1=O. The predicted molar refractivity (Wildman–Crippen MR) is 141 cm³/mol. The molecular weight excluding hydrogens is 486 g/mol. The minimum absolute atomic E-state index is 0.261. The van der Waals surface area contributed by atoms with Gasteiger partial charge in [0.25, 0.3) is 5.91 Å².